The van der Waals surface area contributed by atoms with E-state index >= 15 is 0 Å². The molecule has 1 aliphatic rings. The summed E-state index contributed by atoms with van der Waals surface area (Å²) in [6.45, 7) is 9.05. The van der Waals surface area contributed by atoms with Crippen LogP contribution < -0.4 is 9.47 Å². The lowest BCUT2D eigenvalue weighted by Crippen LogP contribution is -2.51. The molecule has 22 heavy (non-hydrogen) atoms. The van der Waals surface area contributed by atoms with E-state index in [2.05, 4.69) is 27.7 Å². The van der Waals surface area contributed by atoms with Crippen LogP contribution in [0.4, 0.5) is 0 Å². The minimum atomic E-state index is -0.182. The zero-order valence-corrected chi connectivity index (χ0v) is 14.5. The second-order valence-electron chi connectivity index (χ2n) is 7.04. The summed E-state index contributed by atoms with van der Waals surface area (Å²) in [5, 5.41) is 0. The number of carbonyl (C=O) groups is 1. The minimum absolute atomic E-state index is 0.182. The standard InChI is InChI=1S/C18H27NO3/c1-12(2)7-17(20)19-11-14-9-16(22-6)15(21-5)8-13(14)10-18(19,3)4/h8-9,12H,7,10-11H2,1-6H3. The van der Waals surface area contributed by atoms with Crippen LogP contribution in [0.15, 0.2) is 12.1 Å². The third-order valence-electron chi connectivity index (χ3n) is 4.27. The molecule has 1 aromatic rings. The minimum Gasteiger partial charge on any atom is -0.493 e. The normalized spacial score (nSPS) is 16.4. The first kappa shape index (κ1) is 16.7. The van der Waals surface area contributed by atoms with Gasteiger partial charge < -0.3 is 14.4 Å². The maximum atomic E-state index is 12.6. The first-order valence-electron chi connectivity index (χ1n) is 7.82. The molecule has 0 N–H and O–H groups in total. The Morgan fingerprint density at radius 2 is 1.73 bits per heavy atom. The van der Waals surface area contributed by atoms with Crippen LogP contribution in [0.2, 0.25) is 0 Å². The summed E-state index contributed by atoms with van der Waals surface area (Å²) in [7, 11) is 3.29. The molecule has 0 saturated heterocycles. The zero-order chi connectivity index (χ0) is 16.5. The van der Waals surface area contributed by atoms with Crippen LogP contribution in [0, 0.1) is 5.92 Å². The summed E-state index contributed by atoms with van der Waals surface area (Å²) in [5.41, 5.74) is 2.20. The van der Waals surface area contributed by atoms with Gasteiger partial charge in [0.15, 0.2) is 11.5 Å². The fourth-order valence-electron chi connectivity index (χ4n) is 3.11. The average molecular weight is 305 g/mol. The molecule has 0 unspecified atom stereocenters. The Hall–Kier alpha value is -1.71. The predicted molar refractivity (Wildman–Crippen MR) is 87.3 cm³/mol. The van der Waals surface area contributed by atoms with Gasteiger partial charge in [0.2, 0.25) is 5.91 Å². The number of hydrogen-bond acceptors (Lipinski definition) is 3. The van der Waals surface area contributed by atoms with Gasteiger partial charge in [-0.05, 0) is 49.4 Å². The van der Waals surface area contributed by atoms with Crippen molar-refractivity contribution >= 4 is 5.91 Å². The number of carbonyl (C=O) groups excluding carboxylic acids is 1. The summed E-state index contributed by atoms with van der Waals surface area (Å²) in [6, 6.07) is 4.04. The molecule has 0 bridgehead atoms. The van der Waals surface area contributed by atoms with E-state index in [0.717, 1.165) is 23.5 Å². The fraction of sp³-hybridized carbons (Fsp3) is 0.611. The summed E-state index contributed by atoms with van der Waals surface area (Å²) in [6.07, 6.45) is 1.42. The van der Waals surface area contributed by atoms with Crippen molar-refractivity contribution in [3.05, 3.63) is 23.3 Å². The van der Waals surface area contributed by atoms with Gasteiger partial charge in [0.25, 0.3) is 0 Å². The Morgan fingerprint density at radius 3 is 2.23 bits per heavy atom. The molecule has 0 aromatic heterocycles. The zero-order valence-electron chi connectivity index (χ0n) is 14.5. The van der Waals surface area contributed by atoms with E-state index in [1.807, 2.05) is 17.0 Å². The lowest BCUT2D eigenvalue weighted by atomic mass is 9.84. The lowest BCUT2D eigenvalue weighted by molar-refractivity contribution is -0.138. The molecule has 1 heterocycles. The van der Waals surface area contributed by atoms with Crippen molar-refractivity contribution in [1.82, 2.24) is 4.90 Å². The molecule has 0 spiro atoms. The molecule has 1 aliphatic heterocycles. The van der Waals surface area contributed by atoms with Crippen molar-refractivity contribution in [3.8, 4) is 11.5 Å². The van der Waals surface area contributed by atoms with Gasteiger partial charge in [0.05, 0.1) is 14.2 Å². The van der Waals surface area contributed by atoms with Gasteiger partial charge in [-0.2, -0.15) is 0 Å². The highest BCUT2D eigenvalue weighted by Crippen LogP contribution is 2.38. The van der Waals surface area contributed by atoms with E-state index in [4.69, 9.17) is 9.47 Å². The number of ether oxygens (including phenoxy) is 2. The maximum Gasteiger partial charge on any atom is 0.223 e. The average Bonchev–Trinajstić information content (AvgIpc) is 2.43. The highest BCUT2D eigenvalue weighted by Gasteiger charge is 2.36. The monoisotopic (exact) mass is 305 g/mol. The van der Waals surface area contributed by atoms with Crippen LogP contribution in [-0.4, -0.2) is 30.6 Å². The maximum absolute atomic E-state index is 12.6. The van der Waals surface area contributed by atoms with Gasteiger partial charge in [-0.3, -0.25) is 4.79 Å². The van der Waals surface area contributed by atoms with Crippen molar-refractivity contribution in [2.45, 2.75) is 52.6 Å². The molecular weight excluding hydrogens is 278 g/mol. The summed E-state index contributed by atoms with van der Waals surface area (Å²) in [5.74, 6) is 2.06. The Bertz CT molecular complexity index is 564. The van der Waals surface area contributed by atoms with Gasteiger partial charge in [-0.25, -0.2) is 0 Å². The summed E-state index contributed by atoms with van der Waals surface area (Å²) < 4.78 is 10.8. The lowest BCUT2D eigenvalue weighted by Gasteiger charge is -2.44. The summed E-state index contributed by atoms with van der Waals surface area (Å²) >= 11 is 0. The second-order valence-corrected chi connectivity index (χ2v) is 7.04. The van der Waals surface area contributed by atoms with Crippen LogP contribution in [0.25, 0.3) is 0 Å². The van der Waals surface area contributed by atoms with Crippen LogP contribution in [0.5, 0.6) is 11.5 Å². The van der Waals surface area contributed by atoms with Crippen molar-refractivity contribution in [3.63, 3.8) is 0 Å². The van der Waals surface area contributed by atoms with Crippen LogP contribution in [0.3, 0.4) is 0 Å². The van der Waals surface area contributed by atoms with E-state index in [1.54, 1.807) is 14.2 Å². The van der Waals surface area contributed by atoms with Crippen molar-refractivity contribution in [2.24, 2.45) is 5.92 Å². The molecule has 4 nitrogen and oxygen atoms in total. The molecule has 0 atom stereocenters. The van der Waals surface area contributed by atoms with E-state index in [0.29, 0.717) is 18.9 Å². The number of fused-ring (bicyclic) bond motifs is 1. The molecule has 1 aromatic carbocycles. The fourth-order valence-corrected chi connectivity index (χ4v) is 3.11. The van der Waals surface area contributed by atoms with Crippen LogP contribution in [0.1, 0.15) is 45.2 Å². The number of benzene rings is 1. The van der Waals surface area contributed by atoms with E-state index in [9.17, 15) is 4.79 Å². The molecule has 1 amide bonds. The van der Waals surface area contributed by atoms with Gasteiger partial charge in [-0.1, -0.05) is 13.8 Å². The molecule has 4 heteroatoms. The Labute approximate surface area is 133 Å². The molecular formula is C18H27NO3. The van der Waals surface area contributed by atoms with Crippen molar-refractivity contribution in [2.75, 3.05) is 14.2 Å². The predicted octanol–water partition coefficient (Wildman–Crippen LogP) is 3.41. The van der Waals surface area contributed by atoms with Gasteiger partial charge in [0, 0.05) is 18.5 Å². The topological polar surface area (TPSA) is 38.8 Å². The largest absolute Gasteiger partial charge is 0.493 e. The van der Waals surface area contributed by atoms with Gasteiger partial charge in [-0.15, -0.1) is 0 Å². The molecule has 122 valence electrons. The Kier molecular flexibility index (Phi) is 4.69. The molecule has 0 saturated carbocycles. The summed E-state index contributed by atoms with van der Waals surface area (Å²) in [4.78, 5) is 14.6. The number of nitrogens with zero attached hydrogens (tertiary/aromatic N) is 1. The van der Waals surface area contributed by atoms with E-state index in [1.165, 1.54) is 5.56 Å². The van der Waals surface area contributed by atoms with E-state index in [-0.39, 0.29) is 11.4 Å². The van der Waals surface area contributed by atoms with Gasteiger partial charge >= 0.3 is 0 Å². The highest BCUT2D eigenvalue weighted by molar-refractivity contribution is 5.77. The van der Waals surface area contributed by atoms with Crippen molar-refractivity contribution < 1.29 is 14.3 Å². The Balaban J connectivity index is 2.36. The molecule has 0 fully saturated rings. The first-order chi connectivity index (χ1) is 10.3. The van der Waals surface area contributed by atoms with Crippen molar-refractivity contribution in [1.29, 1.82) is 0 Å². The third-order valence-corrected chi connectivity index (χ3v) is 4.27. The third kappa shape index (κ3) is 3.21. The first-order valence-corrected chi connectivity index (χ1v) is 7.82. The number of hydrogen-bond donors (Lipinski definition) is 0. The van der Waals surface area contributed by atoms with E-state index < -0.39 is 0 Å². The molecule has 0 aliphatic carbocycles. The highest BCUT2D eigenvalue weighted by atomic mass is 16.5. The van der Waals surface area contributed by atoms with Gasteiger partial charge in [0.1, 0.15) is 0 Å². The molecule has 2 rings (SSSR count). The number of methoxy groups -OCH3 is 2. The van der Waals surface area contributed by atoms with Crippen LogP contribution in [-0.2, 0) is 17.8 Å². The SMILES string of the molecule is COc1cc2c(cc1OC)CC(C)(C)N(C(=O)CC(C)C)C2. The Morgan fingerprint density at radius 1 is 1.18 bits per heavy atom. The smallest absolute Gasteiger partial charge is 0.223 e. The number of amides is 1. The number of rotatable bonds is 4. The quantitative estimate of drug-likeness (QED) is 0.855. The van der Waals surface area contributed by atoms with Crippen LogP contribution >= 0.6 is 0 Å². The molecule has 0 radical (unpaired) electrons. The second kappa shape index (κ2) is 6.19.